The number of rotatable bonds is 9. The van der Waals surface area contributed by atoms with E-state index in [1.54, 1.807) is 35.3 Å². The van der Waals surface area contributed by atoms with Crippen LogP contribution in [0.2, 0.25) is 5.02 Å². The Morgan fingerprint density at radius 2 is 1.82 bits per heavy atom. The Morgan fingerprint density at radius 3 is 2.58 bits per heavy atom. The number of carbonyl (C=O) groups is 1. The second-order valence-corrected chi connectivity index (χ2v) is 10.1. The quantitative estimate of drug-likeness (QED) is 0.326. The van der Waals surface area contributed by atoms with Crippen molar-refractivity contribution in [2.45, 2.75) is 13.1 Å². The highest BCUT2D eigenvalue weighted by Gasteiger charge is 2.21. The van der Waals surface area contributed by atoms with Crippen molar-refractivity contribution in [2.24, 2.45) is 0 Å². The number of imidazole rings is 1. The predicted molar refractivity (Wildman–Crippen MR) is 153 cm³/mol. The summed E-state index contributed by atoms with van der Waals surface area (Å²) in [5.74, 6) is 0.765. The molecule has 5 rings (SSSR count). The first kappa shape index (κ1) is 27.6. The minimum absolute atomic E-state index is 0.0208. The minimum atomic E-state index is -0.285. The van der Waals surface area contributed by atoms with Gasteiger partial charge in [0, 0.05) is 51.8 Å². The number of fused-ring (bicyclic) bond motifs is 1. The van der Waals surface area contributed by atoms with Crippen LogP contribution in [0.5, 0.6) is 0 Å². The van der Waals surface area contributed by atoms with Crippen LogP contribution in [0.15, 0.2) is 54.9 Å². The van der Waals surface area contributed by atoms with E-state index in [0.29, 0.717) is 80.4 Å². The average molecular weight is 567 g/mol. The lowest BCUT2D eigenvalue weighted by molar-refractivity contribution is 0.0455. The summed E-state index contributed by atoms with van der Waals surface area (Å²) < 4.78 is 20.7. The highest BCUT2D eigenvalue weighted by atomic mass is 35.5. The summed E-state index contributed by atoms with van der Waals surface area (Å²) in [6.45, 7) is 4.24. The normalized spacial score (nSPS) is 13.4. The number of amides is 2. The molecule has 2 aromatic heterocycles. The van der Waals surface area contributed by atoms with Crippen molar-refractivity contribution in [1.82, 2.24) is 29.3 Å². The van der Waals surface area contributed by atoms with Gasteiger partial charge in [-0.2, -0.15) is 9.97 Å². The van der Waals surface area contributed by atoms with E-state index in [0.717, 1.165) is 11.1 Å². The molecule has 0 aliphatic carbocycles. The molecule has 12 heteroatoms. The molecule has 4 aromatic rings. The molecule has 10 nitrogen and oxygen atoms in total. The molecule has 0 bridgehead atoms. The van der Waals surface area contributed by atoms with Crippen LogP contribution in [0.1, 0.15) is 11.1 Å². The van der Waals surface area contributed by atoms with Crippen molar-refractivity contribution in [3.05, 3.63) is 76.8 Å². The van der Waals surface area contributed by atoms with Gasteiger partial charge >= 0.3 is 6.03 Å². The van der Waals surface area contributed by atoms with Gasteiger partial charge in [-0.1, -0.05) is 41.9 Å². The number of hydrogen-bond acceptors (Lipinski definition) is 7. The van der Waals surface area contributed by atoms with E-state index in [4.69, 9.17) is 26.3 Å². The summed E-state index contributed by atoms with van der Waals surface area (Å²) >= 11 is 6.43. The van der Waals surface area contributed by atoms with Gasteiger partial charge in [-0.15, -0.1) is 0 Å². The first-order chi connectivity index (χ1) is 19.4. The molecular formula is C28H32ClFN8O2. The predicted octanol–water partition coefficient (Wildman–Crippen LogP) is 4.10. The standard InChI is InChI=1S/C28H32ClFN8O2/c1-35(11-12-36(2)28(39)37-13-15-40-16-14-37)27-33-25(31-17-20-7-9-22(30)10-8-20)24-26(34-27)38(19-32-24)18-21-5-3-4-6-23(21)29/h3-10,19H,11-18H2,1-2H3,(H,31,33,34). The third kappa shape index (κ3) is 6.43. The fourth-order valence-corrected chi connectivity index (χ4v) is 4.63. The summed E-state index contributed by atoms with van der Waals surface area (Å²) in [4.78, 5) is 32.5. The molecule has 0 spiro atoms. The van der Waals surface area contributed by atoms with Crippen LogP contribution >= 0.6 is 11.6 Å². The van der Waals surface area contributed by atoms with E-state index in [-0.39, 0.29) is 11.8 Å². The summed E-state index contributed by atoms with van der Waals surface area (Å²) in [5.41, 5.74) is 3.12. The molecule has 1 saturated heterocycles. The molecule has 0 radical (unpaired) electrons. The Bertz CT molecular complexity index is 1460. The number of morpholine rings is 1. The lowest BCUT2D eigenvalue weighted by Gasteiger charge is -2.31. The molecule has 210 valence electrons. The van der Waals surface area contributed by atoms with Crippen LogP contribution in [-0.4, -0.2) is 88.8 Å². The zero-order valence-corrected chi connectivity index (χ0v) is 23.3. The van der Waals surface area contributed by atoms with Gasteiger partial charge in [0.1, 0.15) is 5.82 Å². The number of nitrogens with one attached hydrogen (secondary N) is 1. The second-order valence-electron chi connectivity index (χ2n) is 9.71. The highest BCUT2D eigenvalue weighted by Crippen LogP contribution is 2.25. The Balaban J connectivity index is 1.38. The van der Waals surface area contributed by atoms with E-state index in [1.165, 1.54) is 12.1 Å². The zero-order valence-electron chi connectivity index (χ0n) is 22.6. The van der Waals surface area contributed by atoms with Crippen LogP contribution in [0.4, 0.5) is 21.0 Å². The van der Waals surface area contributed by atoms with Crippen molar-refractivity contribution in [2.75, 3.05) is 63.7 Å². The fourth-order valence-electron chi connectivity index (χ4n) is 4.43. The van der Waals surface area contributed by atoms with Crippen LogP contribution in [0.25, 0.3) is 11.2 Å². The van der Waals surface area contributed by atoms with Crippen LogP contribution < -0.4 is 10.2 Å². The molecule has 0 unspecified atom stereocenters. The number of benzene rings is 2. The maximum Gasteiger partial charge on any atom is 0.319 e. The summed E-state index contributed by atoms with van der Waals surface area (Å²) in [6.07, 6.45) is 1.73. The molecule has 1 aliphatic heterocycles. The number of anilines is 2. The Labute approximate surface area is 237 Å². The number of likely N-dealkylation sites (N-methyl/N-ethyl adjacent to an activating group) is 2. The number of nitrogens with zero attached hydrogens (tertiary/aromatic N) is 7. The van der Waals surface area contributed by atoms with E-state index in [9.17, 15) is 9.18 Å². The van der Waals surface area contributed by atoms with E-state index in [2.05, 4.69) is 10.3 Å². The third-order valence-electron chi connectivity index (χ3n) is 6.84. The topological polar surface area (TPSA) is 91.7 Å². The maximum atomic E-state index is 13.4. The lowest BCUT2D eigenvalue weighted by atomic mass is 10.2. The van der Waals surface area contributed by atoms with E-state index < -0.39 is 0 Å². The highest BCUT2D eigenvalue weighted by molar-refractivity contribution is 6.31. The van der Waals surface area contributed by atoms with Gasteiger partial charge in [0.15, 0.2) is 17.0 Å². The molecule has 0 saturated carbocycles. The van der Waals surface area contributed by atoms with Crippen molar-refractivity contribution < 1.29 is 13.9 Å². The van der Waals surface area contributed by atoms with E-state index >= 15 is 0 Å². The summed E-state index contributed by atoms with van der Waals surface area (Å²) in [7, 11) is 3.69. The molecule has 1 N–H and O–H groups in total. The van der Waals surface area contributed by atoms with Gasteiger partial charge in [-0.3, -0.25) is 0 Å². The van der Waals surface area contributed by atoms with Crippen LogP contribution in [0, 0.1) is 5.82 Å². The van der Waals surface area contributed by atoms with Crippen molar-refractivity contribution >= 4 is 40.6 Å². The molecule has 2 amide bonds. The van der Waals surface area contributed by atoms with Gasteiger partial charge in [0.25, 0.3) is 0 Å². The molecule has 1 aliphatic rings. The number of halogens is 2. The number of aromatic nitrogens is 4. The van der Waals surface area contributed by atoms with Crippen LogP contribution in [-0.2, 0) is 17.8 Å². The van der Waals surface area contributed by atoms with Crippen LogP contribution in [0.3, 0.4) is 0 Å². The summed E-state index contributed by atoms with van der Waals surface area (Å²) in [6, 6.07) is 14.0. The largest absolute Gasteiger partial charge is 0.378 e. The zero-order chi connectivity index (χ0) is 28.1. The Kier molecular flexibility index (Phi) is 8.61. The molecule has 0 atom stereocenters. The molecule has 40 heavy (non-hydrogen) atoms. The lowest BCUT2D eigenvalue weighted by Crippen LogP contribution is -2.48. The average Bonchev–Trinajstić information content (AvgIpc) is 3.39. The number of hydrogen-bond donors (Lipinski definition) is 1. The SMILES string of the molecule is CN(CCN(C)c1nc(NCc2ccc(F)cc2)c2ncn(Cc3ccccc3Cl)c2n1)C(=O)N1CCOCC1. The number of carbonyl (C=O) groups excluding carboxylic acids is 1. The molecule has 3 heterocycles. The van der Waals surface area contributed by atoms with Gasteiger partial charge in [0.2, 0.25) is 5.95 Å². The molecule has 1 fully saturated rings. The van der Waals surface area contributed by atoms with Crippen molar-refractivity contribution in [3.8, 4) is 0 Å². The second kappa shape index (κ2) is 12.5. The number of urea groups is 1. The Hall–Kier alpha value is -3.96. The van der Waals surface area contributed by atoms with Crippen molar-refractivity contribution in [3.63, 3.8) is 0 Å². The minimum Gasteiger partial charge on any atom is -0.378 e. The smallest absolute Gasteiger partial charge is 0.319 e. The van der Waals surface area contributed by atoms with Gasteiger partial charge in [-0.25, -0.2) is 14.2 Å². The van der Waals surface area contributed by atoms with Gasteiger partial charge in [0.05, 0.1) is 26.1 Å². The van der Waals surface area contributed by atoms with E-state index in [1.807, 2.05) is 40.8 Å². The monoisotopic (exact) mass is 566 g/mol. The molecular weight excluding hydrogens is 535 g/mol. The first-order valence-electron chi connectivity index (χ1n) is 13.1. The van der Waals surface area contributed by atoms with Gasteiger partial charge < -0.3 is 29.3 Å². The first-order valence-corrected chi connectivity index (χ1v) is 13.5. The Morgan fingerprint density at radius 1 is 1.07 bits per heavy atom. The molecule has 2 aromatic carbocycles. The summed E-state index contributed by atoms with van der Waals surface area (Å²) in [5, 5.41) is 4.01. The van der Waals surface area contributed by atoms with Gasteiger partial charge in [-0.05, 0) is 29.3 Å². The van der Waals surface area contributed by atoms with Crippen molar-refractivity contribution in [1.29, 1.82) is 0 Å². The number of ether oxygens (including phenoxy) is 1. The third-order valence-corrected chi connectivity index (χ3v) is 7.21. The fraction of sp³-hybridized carbons (Fsp3) is 0.357. The maximum absolute atomic E-state index is 13.4.